The van der Waals surface area contributed by atoms with Crippen LogP contribution in [0, 0.1) is 11.3 Å². The van der Waals surface area contributed by atoms with Crippen molar-refractivity contribution in [2.45, 2.75) is 52.9 Å². The van der Waals surface area contributed by atoms with E-state index in [1.54, 1.807) is 0 Å². The summed E-state index contributed by atoms with van der Waals surface area (Å²) in [6.07, 6.45) is 6.95. The Morgan fingerprint density at radius 2 is 1.95 bits per heavy atom. The third-order valence-corrected chi connectivity index (χ3v) is 5.02. The van der Waals surface area contributed by atoms with Crippen molar-refractivity contribution < 1.29 is 0 Å². The number of nitrogens with one attached hydrogen (secondary N) is 1. The van der Waals surface area contributed by atoms with Gasteiger partial charge in [-0.3, -0.25) is 0 Å². The van der Waals surface area contributed by atoms with E-state index in [2.05, 4.69) is 50.0 Å². The van der Waals surface area contributed by atoms with Gasteiger partial charge in [0, 0.05) is 13.1 Å². The molecule has 1 rings (SSSR count). The number of hydrogen-bond acceptors (Lipinski definition) is 3. The molecule has 1 saturated carbocycles. The second-order valence-electron chi connectivity index (χ2n) is 7.51. The van der Waals surface area contributed by atoms with E-state index < -0.39 is 0 Å². The Bertz CT molecular complexity index is 267. The highest BCUT2D eigenvalue weighted by molar-refractivity contribution is 4.89. The molecule has 1 aliphatic carbocycles. The quantitative estimate of drug-likeness (QED) is 0.668. The number of hydrogen-bond donors (Lipinski definition) is 1. The minimum Gasteiger partial charge on any atom is -0.316 e. The van der Waals surface area contributed by atoms with Gasteiger partial charge in [0.05, 0.1) is 0 Å². The van der Waals surface area contributed by atoms with Crippen LogP contribution in [0.15, 0.2) is 0 Å². The monoisotopic (exact) mass is 297 g/mol. The molecule has 0 heterocycles. The SMILES string of the molecule is CCNCC1(CN(CC)CCCN(C)C)CCCC(C)C1. The summed E-state index contributed by atoms with van der Waals surface area (Å²) in [5, 5.41) is 3.65. The molecule has 126 valence electrons. The summed E-state index contributed by atoms with van der Waals surface area (Å²) in [5.74, 6) is 0.901. The van der Waals surface area contributed by atoms with Gasteiger partial charge in [-0.1, -0.05) is 33.6 Å². The first kappa shape index (κ1) is 18.9. The van der Waals surface area contributed by atoms with Crippen molar-refractivity contribution in [3.63, 3.8) is 0 Å². The lowest BCUT2D eigenvalue weighted by Crippen LogP contribution is -2.47. The predicted molar refractivity (Wildman–Crippen MR) is 93.9 cm³/mol. The van der Waals surface area contributed by atoms with E-state index in [0.717, 1.165) is 12.5 Å². The molecule has 1 aliphatic rings. The van der Waals surface area contributed by atoms with E-state index in [1.807, 2.05) is 0 Å². The lowest BCUT2D eigenvalue weighted by atomic mass is 9.69. The molecule has 0 aromatic carbocycles. The molecule has 3 heteroatoms. The van der Waals surface area contributed by atoms with Crippen molar-refractivity contribution in [2.24, 2.45) is 11.3 Å². The summed E-state index contributed by atoms with van der Waals surface area (Å²) in [6, 6.07) is 0. The fraction of sp³-hybridized carbons (Fsp3) is 1.00. The molecule has 1 N–H and O–H groups in total. The average molecular weight is 298 g/mol. The predicted octanol–water partition coefficient (Wildman–Crippen LogP) is 3.07. The number of nitrogens with zero attached hydrogens (tertiary/aromatic N) is 2. The highest BCUT2D eigenvalue weighted by Gasteiger charge is 2.35. The van der Waals surface area contributed by atoms with E-state index >= 15 is 0 Å². The van der Waals surface area contributed by atoms with Gasteiger partial charge < -0.3 is 15.1 Å². The maximum absolute atomic E-state index is 3.65. The average Bonchev–Trinajstić information content (AvgIpc) is 2.44. The van der Waals surface area contributed by atoms with Gasteiger partial charge in [-0.15, -0.1) is 0 Å². The van der Waals surface area contributed by atoms with Crippen LogP contribution in [0.1, 0.15) is 52.9 Å². The Balaban J connectivity index is 2.55. The molecular weight excluding hydrogens is 258 g/mol. The van der Waals surface area contributed by atoms with Crippen molar-refractivity contribution in [3.05, 3.63) is 0 Å². The zero-order valence-electron chi connectivity index (χ0n) is 15.2. The van der Waals surface area contributed by atoms with Crippen LogP contribution in [0.5, 0.6) is 0 Å². The Labute approximate surface area is 133 Å². The van der Waals surface area contributed by atoms with Crippen LogP contribution < -0.4 is 5.32 Å². The van der Waals surface area contributed by atoms with Crippen molar-refractivity contribution in [3.8, 4) is 0 Å². The van der Waals surface area contributed by atoms with Crippen LogP contribution in [-0.2, 0) is 0 Å². The maximum atomic E-state index is 3.65. The third kappa shape index (κ3) is 7.12. The molecule has 0 bridgehead atoms. The van der Waals surface area contributed by atoms with E-state index in [4.69, 9.17) is 0 Å². The summed E-state index contributed by atoms with van der Waals surface area (Å²) in [7, 11) is 4.34. The fourth-order valence-corrected chi connectivity index (χ4v) is 3.95. The molecule has 0 spiro atoms. The molecule has 0 radical (unpaired) electrons. The summed E-state index contributed by atoms with van der Waals surface area (Å²) < 4.78 is 0. The molecule has 0 aromatic rings. The largest absolute Gasteiger partial charge is 0.316 e. The molecule has 2 unspecified atom stereocenters. The minimum absolute atomic E-state index is 0.516. The smallest absolute Gasteiger partial charge is 0.00501 e. The lowest BCUT2D eigenvalue weighted by Gasteiger charge is -2.43. The highest BCUT2D eigenvalue weighted by atomic mass is 15.1. The van der Waals surface area contributed by atoms with Crippen LogP contribution in [0.3, 0.4) is 0 Å². The molecule has 0 aliphatic heterocycles. The highest BCUT2D eigenvalue weighted by Crippen LogP contribution is 2.39. The molecule has 0 aromatic heterocycles. The standard InChI is InChI=1S/C18H39N3/c1-6-19-15-18(11-8-10-17(3)14-18)16-21(7-2)13-9-12-20(4)5/h17,19H,6-16H2,1-5H3. The molecule has 21 heavy (non-hydrogen) atoms. The van der Waals surface area contributed by atoms with E-state index in [-0.39, 0.29) is 0 Å². The van der Waals surface area contributed by atoms with Crippen LogP contribution in [0.2, 0.25) is 0 Å². The fourth-order valence-electron chi connectivity index (χ4n) is 3.95. The maximum Gasteiger partial charge on any atom is 0.00501 e. The van der Waals surface area contributed by atoms with E-state index in [0.29, 0.717) is 5.41 Å². The van der Waals surface area contributed by atoms with Crippen molar-refractivity contribution in [2.75, 3.05) is 53.4 Å². The van der Waals surface area contributed by atoms with Gasteiger partial charge in [0.2, 0.25) is 0 Å². The zero-order valence-corrected chi connectivity index (χ0v) is 15.2. The second-order valence-corrected chi connectivity index (χ2v) is 7.51. The summed E-state index contributed by atoms with van der Waals surface area (Å²) >= 11 is 0. The first-order valence-corrected chi connectivity index (χ1v) is 9.09. The molecule has 1 fully saturated rings. The summed E-state index contributed by atoms with van der Waals surface area (Å²) in [6.45, 7) is 14.2. The van der Waals surface area contributed by atoms with Crippen molar-refractivity contribution in [1.82, 2.24) is 15.1 Å². The van der Waals surface area contributed by atoms with Gasteiger partial charge in [0.25, 0.3) is 0 Å². The second kappa shape index (κ2) is 9.81. The normalized spacial score (nSPS) is 26.7. The summed E-state index contributed by atoms with van der Waals surface area (Å²) in [5.41, 5.74) is 0.516. The lowest BCUT2D eigenvalue weighted by molar-refractivity contribution is 0.0812. The zero-order chi connectivity index (χ0) is 15.7. The summed E-state index contributed by atoms with van der Waals surface area (Å²) in [4.78, 5) is 4.99. The minimum atomic E-state index is 0.516. The number of rotatable bonds is 10. The Morgan fingerprint density at radius 1 is 1.19 bits per heavy atom. The van der Waals surface area contributed by atoms with Crippen LogP contribution >= 0.6 is 0 Å². The first-order valence-electron chi connectivity index (χ1n) is 9.09. The van der Waals surface area contributed by atoms with Gasteiger partial charge in [0.15, 0.2) is 0 Å². The Morgan fingerprint density at radius 3 is 2.52 bits per heavy atom. The molecule has 3 nitrogen and oxygen atoms in total. The van der Waals surface area contributed by atoms with Gasteiger partial charge in [-0.25, -0.2) is 0 Å². The van der Waals surface area contributed by atoms with Crippen LogP contribution in [-0.4, -0.2) is 63.2 Å². The Kier molecular flexibility index (Phi) is 8.84. The molecule has 2 atom stereocenters. The van der Waals surface area contributed by atoms with E-state index in [1.165, 1.54) is 64.8 Å². The molecular formula is C18H39N3. The van der Waals surface area contributed by atoms with Crippen molar-refractivity contribution >= 4 is 0 Å². The first-order chi connectivity index (χ1) is 10.0. The topological polar surface area (TPSA) is 18.5 Å². The van der Waals surface area contributed by atoms with Gasteiger partial charge in [-0.2, -0.15) is 0 Å². The van der Waals surface area contributed by atoms with Crippen molar-refractivity contribution in [1.29, 1.82) is 0 Å². The van der Waals surface area contributed by atoms with Crippen LogP contribution in [0.4, 0.5) is 0 Å². The van der Waals surface area contributed by atoms with Gasteiger partial charge in [0.1, 0.15) is 0 Å². The van der Waals surface area contributed by atoms with Gasteiger partial charge >= 0.3 is 0 Å². The van der Waals surface area contributed by atoms with Crippen LogP contribution in [0.25, 0.3) is 0 Å². The Hall–Kier alpha value is -0.120. The molecule has 0 amide bonds. The third-order valence-electron chi connectivity index (χ3n) is 5.02. The molecule has 0 saturated heterocycles. The van der Waals surface area contributed by atoms with E-state index in [9.17, 15) is 0 Å². The van der Waals surface area contributed by atoms with Gasteiger partial charge in [-0.05, 0) is 70.9 Å².